The zero-order valence-electron chi connectivity index (χ0n) is 6.24. The fourth-order valence-corrected chi connectivity index (χ4v) is 1.05. The Kier molecular flexibility index (Phi) is 1.35. The number of pyridine rings is 1. The quantitative estimate of drug-likeness (QED) is 0.558. The Hall–Kier alpha value is -1.38. The van der Waals surface area contributed by atoms with Gasteiger partial charge in [0.1, 0.15) is 6.61 Å². The van der Waals surface area contributed by atoms with Crippen molar-refractivity contribution in [2.45, 2.75) is 6.92 Å². The van der Waals surface area contributed by atoms with Gasteiger partial charge in [-0.3, -0.25) is 0 Å². The molecule has 0 saturated heterocycles. The molecule has 0 radical (unpaired) electrons. The molecule has 11 heavy (non-hydrogen) atoms. The minimum atomic E-state index is 0.555. The average molecular weight is 148 g/mol. The second kappa shape index (κ2) is 2.34. The zero-order chi connectivity index (χ0) is 7.68. The molecule has 0 bridgehead atoms. The fourth-order valence-electron chi connectivity index (χ4n) is 1.05. The van der Waals surface area contributed by atoms with E-state index >= 15 is 0 Å². The van der Waals surface area contributed by atoms with E-state index in [0.717, 1.165) is 11.3 Å². The molecule has 0 saturated carbocycles. The molecule has 1 aliphatic heterocycles. The van der Waals surface area contributed by atoms with Crippen LogP contribution in [0.2, 0.25) is 0 Å². The molecule has 56 valence electrons. The third-order valence-corrected chi connectivity index (χ3v) is 1.60. The van der Waals surface area contributed by atoms with Gasteiger partial charge >= 0.3 is 0 Å². The predicted octanol–water partition coefficient (Wildman–Crippen LogP) is 1.48. The van der Waals surface area contributed by atoms with Gasteiger partial charge in [-0.2, -0.15) is 0 Å². The van der Waals surface area contributed by atoms with Crippen LogP contribution in [0.15, 0.2) is 17.3 Å². The lowest BCUT2D eigenvalue weighted by Crippen LogP contribution is -2.04. The Morgan fingerprint density at radius 3 is 3.27 bits per heavy atom. The summed E-state index contributed by atoms with van der Waals surface area (Å²) in [5, 5.41) is 0. The zero-order valence-corrected chi connectivity index (χ0v) is 6.24. The van der Waals surface area contributed by atoms with Crippen molar-refractivity contribution in [2.24, 2.45) is 4.99 Å². The molecule has 3 heteroatoms. The Bertz CT molecular complexity index is 307. The molecule has 0 amide bonds. The first-order valence-electron chi connectivity index (χ1n) is 3.49. The lowest BCUT2D eigenvalue weighted by molar-refractivity contribution is 0.372. The van der Waals surface area contributed by atoms with Crippen LogP contribution >= 0.6 is 0 Å². The van der Waals surface area contributed by atoms with Crippen molar-refractivity contribution in [1.82, 2.24) is 4.98 Å². The number of nitrogens with zero attached hydrogens (tertiary/aromatic N) is 2. The summed E-state index contributed by atoms with van der Waals surface area (Å²) in [7, 11) is 0. The van der Waals surface area contributed by atoms with Gasteiger partial charge in [-0.05, 0) is 18.6 Å². The van der Waals surface area contributed by atoms with Crippen molar-refractivity contribution in [1.29, 1.82) is 0 Å². The number of hydrogen-bond donors (Lipinski definition) is 0. The topological polar surface area (TPSA) is 34.5 Å². The molecule has 0 unspecified atom stereocenters. The summed E-state index contributed by atoms with van der Waals surface area (Å²) >= 11 is 0. The molecule has 1 aromatic heterocycles. The minimum Gasteiger partial charge on any atom is -0.484 e. The van der Waals surface area contributed by atoms with E-state index in [4.69, 9.17) is 4.74 Å². The van der Waals surface area contributed by atoms with Crippen LogP contribution < -0.4 is 4.74 Å². The molecule has 3 nitrogen and oxygen atoms in total. The van der Waals surface area contributed by atoms with Gasteiger partial charge < -0.3 is 4.74 Å². The Morgan fingerprint density at radius 2 is 2.45 bits per heavy atom. The molecule has 0 fully saturated rings. The van der Waals surface area contributed by atoms with E-state index in [0.29, 0.717) is 12.4 Å². The monoisotopic (exact) mass is 148 g/mol. The summed E-state index contributed by atoms with van der Waals surface area (Å²) in [5.41, 5.74) is 1.09. The highest BCUT2D eigenvalue weighted by atomic mass is 16.5. The van der Waals surface area contributed by atoms with Crippen molar-refractivity contribution < 1.29 is 4.74 Å². The minimum absolute atomic E-state index is 0.555. The number of aryl methyl sites for hydroxylation is 1. The van der Waals surface area contributed by atoms with Crippen LogP contribution in [-0.4, -0.2) is 17.8 Å². The van der Waals surface area contributed by atoms with Gasteiger partial charge in [0.05, 0.1) is 0 Å². The van der Waals surface area contributed by atoms with Gasteiger partial charge in [0, 0.05) is 12.4 Å². The van der Waals surface area contributed by atoms with Gasteiger partial charge in [-0.1, -0.05) is 0 Å². The molecule has 2 heterocycles. The van der Waals surface area contributed by atoms with Crippen molar-refractivity contribution >= 4 is 12.0 Å². The number of hydrogen-bond acceptors (Lipinski definition) is 3. The summed E-state index contributed by atoms with van der Waals surface area (Å²) < 4.78 is 5.34. The van der Waals surface area contributed by atoms with Crippen molar-refractivity contribution in [3.05, 3.63) is 17.8 Å². The van der Waals surface area contributed by atoms with Crippen LogP contribution in [0.3, 0.4) is 0 Å². The van der Waals surface area contributed by atoms with Crippen LogP contribution in [-0.2, 0) is 0 Å². The van der Waals surface area contributed by atoms with Gasteiger partial charge in [-0.25, -0.2) is 9.98 Å². The van der Waals surface area contributed by atoms with Crippen molar-refractivity contribution in [2.75, 3.05) is 6.61 Å². The summed E-state index contributed by atoms with van der Waals surface area (Å²) in [6.45, 7) is 2.54. The highest BCUT2D eigenvalue weighted by Gasteiger charge is 2.09. The highest BCUT2D eigenvalue weighted by Crippen LogP contribution is 2.29. The summed E-state index contributed by atoms with van der Waals surface area (Å²) in [6.07, 6.45) is 3.45. The first-order valence-corrected chi connectivity index (χ1v) is 3.49. The van der Waals surface area contributed by atoms with E-state index in [2.05, 4.69) is 9.98 Å². The lowest BCUT2D eigenvalue weighted by atomic mass is 10.2. The molecule has 0 spiro atoms. The highest BCUT2D eigenvalue weighted by molar-refractivity contribution is 5.69. The average Bonchev–Trinajstić information content (AvgIpc) is 2.06. The molecule has 0 aromatic carbocycles. The number of fused-ring (bicyclic) bond motifs is 1. The molecule has 0 atom stereocenters. The number of aliphatic imine (C=N–C) groups is 1. The van der Waals surface area contributed by atoms with Crippen LogP contribution in [0.1, 0.15) is 5.56 Å². The van der Waals surface area contributed by atoms with Crippen LogP contribution in [0.25, 0.3) is 0 Å². The predicted molar refractivity (Wildman–Crippen MR) is 42.6 cm³/mol. The Labute approximate surface area is 64.7 Å². The maximum Gasteiger partial charge on any atom is 0.195 e. The molecular weight excluding hydrogens is 140 g/mol. The Morgan fingerprint density at radius 1 is 1.55 bits per heavy atom. The standard InChI is InChI=1S/C8H8N2O/c1-6-2-3-9-8-7(6)11-5-4-10-8/h2-4H,5H2,1H3. The first kappa shape index (κ1) is 6.34. The smallest absolute Gasteiger partial charge is 0.195 e. The van der Waals surface area contributed by atoms with Gasteiger partial charge in [0.15, 0.2) is 11.6 Å². The third kappa shape index (κ3) is 0.981. The summed E-state index contributed by atoms with van der Waals surface area (Å²) in [5.74, 6) is 1.51. The SMILES string of the molecule is Cc1ccnc2c1OCC=N2. The van der Waals surface area contributed by atoms with Gasteiger partial charge in [-0.15, -0.1) is 0 Å². The largest absolute Gasteiger partial charge is 0.484 e. The maximum atomic E-state index is 5.34. The molecule has 0 N–H and O–H groups in total. The number of ether oxygens (including phenoxy) is 1. The number of aromatic nitrogens is 1. The molecular formula is C8H8N2O. The normalized spacial score (nSPS) is 13.9. The molecule has 1 aliphatic rings. The molecule has 2 rings (SSSR count). The van der Waals surface area contributed by atoms with Crippen molar-refractivity contribution in [3.8, 4) is 5.75 Å². The molecule has 1 aromatic rings. The van der Waals surface area contributed by atoms with E-state index in [-0.39, 0.29) is 0 Å². The second-order valence-corrected chi connectivity index (χ2v) is 2.40. The molecule has 0 aliphatic carbocycles. The lowest BCUT2D eigenvalue weighted by Gasteiger charge is -2.11. The van der Waals surface area contributed by atoms with Crippen LogP contribution in [0.5, 0.6) is 5.75 Å². The van der Waals surface area contributed by atoms with E-state index in [1.807, 2.05) is 13.0 Å². The van der Waals surface area contributed by atoms with E-state index in [1.54, 1.807) is 12.4 Å². The van der Waals surface area contributed by atoms with Crippen LogP contribution in [0.4, 0.5) is 5.82 Å². The second-order valence-electron chi connectivity index (χ2n) is 2.40. The number of rotatable bonds is 0. The van der Waals surface area contributed by atoms with Gasteiger partial charge in [0.25, 0.3) is 0 Å². The first-order chi connectivity index (χ1) is 5.38. The van der Waals surface area contributed by atoms with E-state index in [1.165, 1.54) is 0 Å². The summed E-state index contributed by atoms with van der Waals surface area (Å²) in [6, 6.07) is 1.92. The maximum absolute atomic E-state index is 5.34. The summed E-state index contributed by atoms with van der Waals surface area (Å²) in [4.78, 5) is 8.15. The van der Waals surface area contributed by atoms with Crippen molar-refractivity contribution in [3.63, 3.8) is 0 Å². The van der Waals surface area contributed by atoms with Gasteiger partial charge in [0.2, 0.25) is 0 Å². The Balaban J connectivity index is 2.60. The third-order valence-electron chi connectivity index (χ3n) is 1.60. The van der Waals surface area contributed by atoms with Crippen LogP contribution in [0, 0.1) is 6.92 Å². The fraction of sp³-hybridized carbons (Fsp3) is 0.250. The van der Waals surface area contributed by atoms with E-state index in [9.17, 15) is 0 Å². The van der Waals surface area contributed by atoms with E-state index < -0.39 is 0 Å².